The van der Waals surface area contributed by atoms with Crippen LogP contribution in [0.2, 0.25) is 0 Å². The summed E-state index contributed by atoms with van der Waals surface area (Å²) >= 11 is 0. The maximum atomic E-state index is 12.6. The van der Waals surface area contributed by atoms with Crippen LogP contribution in [0.15, 0.2) is 72.3 Å². The number of pyridine rings is 2. The van der Waals surface area contributed by atoms with Gasteiger partial charge in [-0.1, -0.05) is 5.16 Å². The van der Waals surface area contributed by atoms with Gasteiger partial charge in [-0.2, -0.15) is 0 Å². The smallest absolute Gasteiger partial charge is 0.367 e. The van der Waals surface area contributed by atoms with E-state index in [1.807, 2.05) is 12.1 Å². The fraction of sp³-hybridized carbons (Fsp3) is 0.154. The van der Waals surface area contributed by atoms with E-state index in [-0.39, 0.29) is 5.56 Å². The Labute approximate surface area is 201 Å². The second-order valence-corrected chi connectivity index (χ2v) is 7.22. The highest BCUT2D eigenvalue weighted by Gasteiger charge is 2.19. The molecule has 0 spiro atoms. The minimum atomic E-state index is -0.657. The van der Waals surface area contributed by atoms with Gasteiger partial charge < -0.3 is 23.8 Å². The first kappa shape index (κ1) is 23.5. The summed E-state index contributed by atoms with van der Waals surface area (Å²) in [5.74, 6) is 1.46. The highest BCUT2D eigenvalue weighted by Crippen LogP contribution is 2.35. The molecule has 9 nitrogen and oxygen atoms in total. The Morgan fingerprint density at radius 1 is 0.771 bits per heavy atom. The number of rotatable bonds is 8. The van der Waals surface area contributed by atoms with Crippen LogP contribution in [0.25, 0.3) is 10.8 Å². The molecule has 0 aliphatic rings. The fourth-order valence-corrected chi connectivity index (χ4v) is 3.53. The number of methoxy groups -OCH3 is 4. The van der Waals surface area contributed by atoms with Crippen molar-refractivity contribution in [3.8, 4) is 23.0 Å². The summed E-state index contributed by atoms with van der Waals surface area (Å²) in [6, 6.07) is 14.0. The molecule has 0 saturated carbocycles. The molecule has 0 N–H and O–H groups in total. The quantitative estimate of drug-likeness (QED) is 0.212. The zero-order valence-electron chi connectivity index (χ0n) is 19.6. The molecule has 0 bridgehead atoms. The number of hydrogen-bond acceptors (Lipinski definition) is 9. The molecule has 178 valence electrons. The van der Waals surface area contributed by atoms with Crippen molar-refractivity contribution in [3.05, 3.63) is 83.9 Å². The van der Waals surface area contributed by atoms with Crippen LogP contribution in [0, 0.1) is 0 Å². The van der Waals surface area contributed by atoms with E-state index in [0.29, 0.717) is 40.0 Å². The maximum Gasteiger partial charge on any atom is 0.367 e. The van der Waals surface area contributed by atoms with Crippen molar-refractivity contribution >= 4 is 22.5 Å². The van der Waals surface area contributed by atoms with Crippen LogP contribution in [0.4, 0.5) is 0 Å². The van der Waals surface area contributed by atoms with E-state index in [2.05, 4.69) is 15.1 Å². The zero-order valence-corrected chi connectivity index (χ0v) is 19.6. The number of hydrogen-bond donors (Lipinski definition) is 0. The highest BCUT2D eigenvalue weighted by atomic mass is 16.7. The Morgan fingerprint density at radius 3 is 2.17 bits per heavy atom. The monoisotopic (exact) mass is 473 g/mol. The van der Waals surface area contributed by atoms with Crippen LogP contribution in [0.5, 0.6) is 23.0 Å². The van der Waals surface area contributed by atoms with Crippen LogP contribution in [0.1, 0.15) is 21.6 Å². The van der Waals surface area contributed by atoms with Gasteiger partial charge in [-0.3, -0.25) is 9.97 Å². The van der Waals surface area contributed by atoms with Gasteiger partial charge in [0.05, 0.1) is 34.0 Å². The molecule has 35 heavy (non-hydrogen) atoms. The standard InChI is InChI=1S/C26H23N3O6/c1-31-20-8-7-17(13-21(20)32-2)24(29-35-26(30)18-6-5-10-27-15-18)25-19-14-23(34-4)22(33-3)12-16(19)9-11-28-25/h5-15H,1-4H3. The molecule has 4 rings (SSSR count). The van der Waals surface area contributed by atoms with Crippen molar-refractivity contribution in [1.82, 2.24) is 9.97 Å². The number of benzene rings is 2. The van der Waals surface area contributed by atoms with Gasteiger partial charge in [0.1, 0.15) is 11.4 Å². The Morgan fingerprint density at radius 2 is 1.49 bits per heavy atom. The molecule has 2 aromatic carbocycles. The number of oxime groups is 1. The number of nitrogens with zero attached hydrogens (tertiary/aromatic N) is 3. The molecule has 0 aliphatic heterocycles. The first-order chi connectivity index (χ1) is 17.1. The lowest BCUT2D eigenvalue weighted by Gasteiger charge is -2.14. The Bertz CT molecular complexity index is 1390. The molecule has 0 saturated heterocycles. The van der Waals surface area contributed by atoms with Crippen molar-refractivity contribution in [2.24, 2.45) is 5.16 Å². The molecular formula is C26H23N3O6. The van der Waals surface area contributed by atoms with Crippen LogP contribution in [0.3, 0.4) is 0 Å². The van der Waals surface area contributed by atoms with E-state index < -0.39 is 5.97 Å². The van der Waals surface area contributed by atoms with E-state index in [4.69, 9.17) is 23.8 Å². The predicted molar refractivity (Wildman–Crippen MR) is 130 cm³/mol. The molecule has 9 heteroatoms. The normalized spacial score (nSPS) is 11.1. The summed E-state index contributed by atoms with van der Waals surface area (Å²) in [7, 11) is 6.21. The van der Waals surface area contributed by atoms with Gasteiger partial charge in [0, 0.05) is 29.5 Å². The number of ether oxygens (including phenoxy) is 4. The maximum absolute atomic E-state index is 12.6. The number of carbonyl (C=O) groups excluding carboxylic acids is 1. The summed E-state index contributed by atoms with van der Waals surface area (Å²) in [6.45, 7) is 0. The molecule has 2 aromatic heterocycles. The van der Waals surface area contributed by atoms with E-state index in [1.54, 1.807) is 70.1 Å². The van der Waals surface area contributed by atoms with Crippen molar-refractivity contribution in [1.29, 1.82) is 0 Å². The minimum Gasteiger partial charge on any atom is -0.493 e. The average molecular weight is 473 g/mol. The van der Waals surface area contributed by atoms with Gasteiger partial charge in [-0.15, -0.1) is 0 Å². The second kappa shape index (κ2) is 10.5. The minimum absolute atomic E-state index is 0.264. The van der Waals surface area contributed by atoms with E-state index in [9.17, 15) is 4.79 Å². The summed E-state index contributed by atoms with van der Waals surface area (Å²) < 4.78 is 21.7. The van der Waals surface area contributed by atoms with Gasteiger partial charge in [0.2, 0.25) is 0 Å². The third kappa shape index (κ3) is 4.84. The molecule has 2 heterocycles. The fourth-order valence-electron chi connectivity index (χ4n) is 3.53. The summed E-state index contributed by atoms with van der Waals surface area (Å²) in [5.41, 5.74) is 1.63. The topological polar surface area (TPSA) is 101 Å². The largest absolute Gasteiger partial charge is 0.493 e. The summed E-state index contributed by atoms with van der Waals surface area (Å²) in [6.07, 6.45) is 4.61. The molecule has 0 radical (unpaired) electrons. The number of aromatic nitrogens is 2. The first-order valence-electron chi connectivity index (χ1n) is 10.5. The number of fused-ring (bicyclic) bond motifs is 1. The second-order valence-electron chi connectivity index (χ2n) is 7.22. The molecule has 4 aromatic rings. The third-order valence-corrected chi connectivity index (χ3v) is 5.27. The first-order valence-corrected chi connectivity index (χ1v) is 10.5. The SMILES string of the molecule is COc1ccc(C(=NOC(=O)c2cccnc2)c2nccc3cc(OC)c(OC)cc23)cc1OC. The van der Waals surface area contributed by atoms with Gasteiger partial charge >= 0.3 is 5.97 Å². The number of carbonyl (C=O) groups is 1. The van der Waals surface area contributed by atoms with Gasteiger partial charge in [-0.25, -0.2) is 4.79 Å². The van der Waals surface area contributed by atoms with Crippen molar-refractivity contribution in [3.63, 3.8) is 0 Å². The Kier molecular flexibility index (Phi) is 7.06. The molecule has 0 fully saturated rings. The van der Waals surface area contributed by atoms with E-state index in [1.165, 1.54) is 13.3 Å². The highest BCUT2D eigenvalue weighted by molar-refractivity contribution is 6.18. The van der Waals surface area contributed by atoms with Crippen LogP contribution < -0.4 is 18.9 Å². The van der Waals surface area contributed by atoms with Gasteiger partial charge in [-0.05, 0) is 53.9 Å². The Hall–Kier alpha value is -4.66. The molecule has 0 amide bonds. The van der Waals surface area contributed by atoms with Crippen molar-refractivity contribution < 1.29 is 28.6 Å². The van der Waals surface area contributed by atoms with E-state index >= 15 is 0 Å². The van der Waals surface area contributed by atoms with Gasteiger partial charge in [0.15, 0.2) is 23.0 Å². The zero-order chi connectivity index (χ0) is 24.8. The molecule has 0 unspecified atom stereocenters. The van der Waals surface area contributed by atoms with Crippen LogP contribution in [-0.2, 0) is 4.84 Å². The summed E-state index contributed by atoms with van der Waals surface area (Å²) in [4.78, 5) is 26.4. The average Bonchev–Trinajstić information content (AvgIpc) is 2.92. The van der Waals surface area contributed by atoms with Crippen LogP contribution >= 0.6 is 0 Å². The lowest BCUT2D eigenvalue weighted by atomic mass is 10.0. The summed E-state index contributed by atoms with van der Waals surface area (Å²) in [5, 5.41) is 5.78. The van der Waals surface area contributed by atoms with Gasteiger partial charge in [0.25, 0.3) is 0 Å². The van der Waals surface area contributed by atoms with E-state index in [0.717, 1.165) is 10.8 Å². The molecule has 0 aliphatic carbocycles. The Balaban J connectivity index is 1.89. The molecular weight excluding hydrogens is 450 g/mol. The van der Waals surface area contributed by atoms with Crippen LogP contribution in [-0.4, -0.2) is 50.1 Å². The molecule has 0 atom stereocenters. The van der Waals surface area contributed by atoms with Crippen molar-refractivity contribution in [2.75, 3.05) is 28.4 Å². The predicted octanol–water partition coefficient (Wildman–Crippen LogP) is 4.27. The lowest BCUT2D eigenvalue weighted by Crippen LogP contribution is -2.11. The third-order valence-electron chi connectivity index (χ3n) is 5.27. The van der Waals surface area contributed by atoms with Crippen molar-refractivity contribution in [2.45, 2.75) is 0 Å². The lowest BCUT2D eigenvalue weighted by molar-refractivity contribution is 0.0516.